The van der Waals surface area contributed by atoms with E-state index < -0.39 is 35.2 Å². The monoisotopic (exact) mass is 434 g/mol. The summed E-state index contributed by atoms with van der Waals surface area (Å²) in [6.07, 6.45) is 1.72. The lowest BCUT2D eigenvalue weighted by Crippen LogP contribution is -2.53. The van der Waals surface area contributed by atoms with E-state index in [0.717, 1.165) is 0 Å². The van der Waals surface area contributed by atoms with Crippen molar-refractivity contribution in [3.8, 4) is 0 Å². The van der Waals surface area contributed by atoms with E-state index in [1.807, 2.05) is 0 Å². The van der Waals surface area contributed by atoms with E-state index in [-0.39, 0.29) is 31.4 Å². The first kappa shape index (κ1) is 22.7. The summed E-state index contributed by atoms with van der Waals surface area (Å²) in [4.78, 5) is 41.3. The average Bonchev–Trinajstić information content (AvgIpc) is 3.01. The molecule has 170 valence electrons. The Morgan fingerprint density at radius 3 is 2.58 bits per heavy atom. The highest BCUT2D eigenvalue weighted by Gasteiger charge is 2.62. The number of ether oxygens (including phenoxy) is 2. The maximum Gasteiger partial charge on any atom is 0.410 e. The third-order valence-corrected chi connectivity index (χ3v) is 5.41. The molecular formula is C20H30N6O5. The number of rotatable bonds is 6. The molecule has 2 heterocycles. The Kier molecular flexibility index (Phi) is 6.06. The van der Waals surface area contributed by atoms with Gasteiger partial charge in [0.2, 0.25) is 5.91 Å². The molecule has 3 rings (SSSR count). The number of nitrogens with one attached hydrogen (secondary N) is 1. The Labute approximate surface area is 181 Å². The van der Waals surface area contributed by atoms with Crippen molar-refractivity contribution in [2.45, 2.75) is 63.6 Å². The van der Waals surface area contributed by atoms with Crippen LogP contribution in [-0.4, -0.2) is 73.4 Å². The number of hydrogen-bond donors (Lipinski definition) is 1. The number of carbonyl (C=O) groups excluding carboxylic acids is 3. The minimum Gasteiger partial charge on any atom is -0.464 e. The van der Waals surface area contributed by atoms with Gasteiger partial charge >= 0.3 is 12.1 Å². The van der Waals surface area contributed by atoms with E-state index in [1.54, 1.807) is 40.8 Å². The lowest BCUT2D eigenvalue weighted by Gasteiger charge is -2.29. The fourth-order valence-corrected chi connectivity index (χ4v) is 3.82. The number of nitrogens with zero attached hydrogens (tertiary/aromatic N) is 5. The van der Waals surface area contributed by atoms with Crippen LogP contribution in [0.25, 0.3) is 0 Å². The Hall–Kier alpha value is -2.98. The van der Waals surface area contributed by atoms with Gasteiger partial charge in [-0.25, -0.2) is 9.59 Å². The van der Waals surface area contributed by atoms with Gasteiger partial charge < -0.3 is 14.8 Å². The standard InChI is InChI=1S/C20H30N6O5/c1-7-13-10-20(13,17(28)30-8-2)21-16(27)14-9-12(15-22-24-25(6)23-15)11-26(14)18(29)31-19(3,4)5/h7,12-14H,1,8-11H2,2-6H3,(H,21,27)/t12-,13?,14+,20-/m1/s1. The summed E-state index contributed by atoms with van der Waals surface area (Å²) in [6.45, 7) is 11.1. The van der Waals surface area contributed by atoms with Crippen molar-refractivity contribution < 1.29 is 23.9 Å². The molecule has 0 bridgehead atoms. The molecule has 0 radical (unpaired) electrons. The normalized spacial score (nSPS) is 27.5. The molecule has 1 aromatic heterocycles. The van der Waals surface area contributed by atoms with Crippen molar-refractivity contribution in [2.24, 2.45) is 13.0 Å². The second-order valence-corrected chi connectivity index (χ2v) is 8.95. The topological polar surface area (TPSA) is 129 Å². The zero-order valence-electron chi connectivity index (χ0n) is 18.6. The van der Waals surface area contributed by atoms with E-state index in [1.165, 1.54) is 9.70 Å². The Morgan fingerprint density at radius 2 is 2.06 bits per heavy atom. The second kappa shape index (κ2) is 8.27. The van der Waals surface area contributed by atoms with Crippen LogP contribution in [0, 0.1) is 5.92 Å². The molecular weight excluding hydrogens is 404 g/mol. The second-order valence-electron chi connectivity index (χ2n) is 8.95. The molecule has 2 aliphatic rings. The lowest BCUT2D eigenvalue weighted by molar-refractivity contribution is -0.149. The molecule has 1 aliphatic heterocycles. The SMILES string of the molecule is C=CC1C[C@]1(NC(=O)[C@@H]1C[C@@H](c2nnn(C)n2)CN1C(=O)OC(C)(C)C)C(=O)OCC. The molecule has 2 amide bonds. The minimum atomic E-state index is -1.14. The first-order chi connectivity index (χ1) is 14.5. The van der Waals surface area contributed by atoms with Gasteiger partial charge in [-0.2, -0.15) is 4.80 Å². The number of carbonyl (C=O) groups is 3. The predicted octanol–water partition coefficient (Wildman–Crippen LogP) is 0.927. The first-order valence-corrected chi connectivity index (χ1v) is 10.4. The van der Waals surface area contributed by atoms with Gasteiger partial charge in [0, 0.05) is 18.4 Å². The summed E-state index contributed by atoms with van der Waals surface area (Å²) in [5.41, 5.74) is -1.87. The number of esters is 1. The Balaban J connectivity index is 1.82. The van der Waals surface area contributed by atoms with Crippen LogP contribution < -0.4 is 5.32 Å². The van der Waals surface area contributed by atoms with Gasteiger partial charge in [-0.1, -0.05) is 6.08 Å². The van der Waals surface area contributed by atoms with Gasteiger partial charge in [0.25, 0.3) is 0 Å². The third-order valence-electron chi connectivity index (χ3n) is 5.41. The summed E-state index contributed by atoms with van der Waals surface area (Å²) >= 11 is 0. The van der Waals surface area contributed by atoms with Gasteiger partial charge in [-0.05, 0) is 45.7 Å². The van der Waals surface area contributed by atoms with Gasteiger partial charge in [-0.15, -0.1) is 16.8 Å². The Bertz CT molecular complexity index is 878. The van der Waals surface area contributed by atoms with Gasteiger partial charge in [0.15, 0.2) is 5.82 Å². The molecule has 1 unspecified atom stereocenters. The van der Waals surface area contributed by atoms with Gasteiger partial charge in [0.05, 0.1) is 13.7 Å². The predicted molar refractivity (Wildman–Crippen MR) is 109 cm³/mol. The van der Waals surface area contributed by atoms with Crippen molar-refractivity contribution in [3.05, 3.63) is 18.5 Å². The first-order valence-electron chi connectivity index (χ1n) is 10.4. The summed E-state index contributed by atoms with van der Waals surface area (Å²) in [6, 6.07) is -0.846. The van der Waals surface area contributed by atoms with Crippen LogP contribution in [0.4, 0.5) is 4.79 Å². The molecule has 1 saturated carbocycles. The molecule has 1 N–H and O–H groups in total. The highest BCUT2D eigenvalue weighted by atomic mass is 16.6. The Morgan fingerprint density at radius 1 is 1.35 bits per heavy atom. The highest BCUT2D eigenvalue weighted by molar-refractivity contribution is 5.95. The largest absolute Gasteiger partial charge is 0.464 e. The molecule has 4 atom stereocenters. The minimum absolute atomic E-state index is 0.203. The number of tetrazole rings is 1. The fourth-order valence-electron chi connectivity index (χ4n) is 3.82. The molecule has 31 heavy (non-hydrogen) atoms. The third kappa shape index (κ3) is 4.70. The van der Waals surface area contributed by atoms with Crippen LogP contribution in [0.15, 0.2) is 12.7 Å². The molecule has 1 saturated heterocycles. The van der Waals surface area contributed by atoms with E-state index in [0.29, 0.717) is 12.2 Å². The molecule has 1 aliphatic carbocycles. The van der Waals surface area contributed by atoms with Crippen LogP contribution in [0.3, 0.4) is 0 Å². The van der Waals surface area contributed by atoms with Gasteiger partial charge in [0.1, 0.15) is 17.2 Å². The molecule has 11 heteroatoms. The average molecular weight is 434 g/mol. The summed E-state index contributed by atoms with van der Waals surface area (Å²) < 4.78 is 10.7. The van der Waals surface area contributed by atoms with Crippen LogP contribution in [0.1, 0.15) is 52.3 Å². The zero-order valence-corrected chi connectivity index (χ0v) is 18.6. The molecule has 1 aromatic rings. The van der Waals surface area contributed by atoms with Crippen molar-refractivity contribution in [1.82, 2.24) is 30.4 Å². The quantitative estimate of drug-likeness (QED) is 0.517. The highest BCUT2D eigenvalue weighted by Crippen LogP contribution is 2.46. The zero-order chi connectivity index (χ0) is 23.0. The summed E-state index contributed by atoms with van der Waals surface area (Å²) in [5.74, 6) is -1.01. The number of aryl methyl sites for hydroxylation is 1. The summed E-state index contributed by atoms with van der Waals surface area (Å²) in [5, 5.41) is 14.9. The van der Waals surface area contributed by atoms with E-state index >= 15 is 0 Å². The van der Waals surface area contributed by atoms with Crippen LogP contribution in [-0.2, 0) is 26.1 Å². The number of amides is 2. The smallest absolute Gasteiger partial charge is 0.410 e. The van der Waals surface area contributed by atoms with Crippen LogP contribution in [0.5, 0.6) is 0 Å². The maximum absolute atomic E-state index is 13.3. The van der Waals surface area contributed by atoms with Crippen LogP contribution in [0.2, 0.25) is 0 Å². The number of aromatic nitrogens is 4. The fraction of sp³-hybridized carbons (Fsp3) is 0.700. The molecule has 0 aromatic carbocycles. The van der Waals surface area contributed by atoms with Crippen molar-refractivity contribution in [1.29, 1.82) is 0 Å². The molecule has 2 fully saturated rings. The molecule has 0 spiro atoms. The van der Waals surface area contributed by atoms with E-state index in [2.05, 4.69) is 27.3 Å². The maximum atomic E-state index is 13.3. The van der Waals surface area contributed by atoms with Crippen molar-refractivity contribution >= 4 is 18.0 Å². The number of hydrogen-bond acceptors (Lipinski definition) is 8. The molecule has 11 nitrogen and oxygen atoms in total. The summed E-state index contributed by atoms with van der Waals surface area (Å²) in [7, 11) is 1.65. The van der Waals surface area contributed by atoms with Crippen LogP contribution >= 0.6 is 0 Å². The van der Waals surface area contributed by atoms with Crippen molar-refractivity contribution in [2.75, 3.05) is 13.2 Å². The number of likely N-dealkylation sites (tertiary alicyclic amines) is 1. The van der Waals surface area contributed by atoms with E-state index in [4.69, 9.17) is 9.47 Å². The lowest BCUT2D eigenvalue weighted by atomic mass is 10.0. The van der Waals surface area contributed by atoms with Crippen molar-refractivity contribution in [3.63, 3.8) is 0 Å². The van der Waals surface area contributed by atoms with E-state index in [9.17, 15) is 14.4 Å². The van der Waals surface area contributed by atoms with Gasteiger partial charge in [-0.3, -0.25) is 9.69 Å².